The molecule has 0 bridgehead atoms. The molecule has 1 nitrogen and oxygen atoms in total. The first-order valence-corrected chi connectivity index (χ1v) is 6.17. The lowest BCUT2D eigenvalue weighted by molar-refractivity contribution is 0.290. The van der Waals surface area contributed by atoms with Gasteiger partial charge in [0.05, 0.1) is 6.61 Å². The zero-order valence-corrected chi connectivity index (χ0v) is 10.3. The molecule has 0 saturated heterocycles. The Morgan fingerprint density at radius 2 is 2.00 bits per heavy atom. The Labute approximate surface area is 103 Å². The van der Waals surface area contributed by atoms with Gasteiger partial charge in [0.2, 0.25) is 0 Å². The predicted octanol–water partition coefficient (Wildman–Crippen LogP) is 4.16. The van der Waals surface area contributed by atoms with Crippen LogP contribution in [0.1, 0.15) is 44.6 Å². The molecule has 0 amide bonds. The van der Waals surface area contributed by atoms with Crippen LogP contribution in [0.2, 0.25) is 0 Å². The summed E-state index contributed by atoms with van der Waals surface area (Å²) in [5, 5.41) is 0. The molecule has 1 aromatic carbocycles. The van der Waals surface area contributed by atoms with Crippen LogP contribution < -0.4 is 4.74 Å². The van der Waals surface area contributed by atoms with E-state index < -0.39 is 0 Å². The molecule has 0 unspecified atom stereocenters. The minimum absolute atomic E-state index is 0.291. The third-order valence-electron chi connectivity index (χ3n) is 2.60. The van der Waals surface area contributed by atoms with E-state index in [0.29, 0.717) is 17.9 Å². The summed E-state index contributed by atoms with van der Waals surface area (Å²) in [6.45, 7) is 2.74. The molecule has 0 aliphatic rings. The van der Waals surface area contributed by atoms with Crippen LogP contribution in [0.5, 0.6) is 5.75 Å². The molecule has 17 heavy (non-hydrogen) atoms. The fourth-order valence-electron chi connectivity index (χ4n) is 1.60. The highest BCUT2D eigenvalue weighted by Crippen LogP contribution is 2.18. The maximum Gasteiger partial charge on any atom is 0.166 e. The van der Waals surface area contributed by atoms with Crippen molar-refractivity contribution < 1.29 is 9.13 Å². The van der Waals surface area contributed by atoms with E-state index in [2.05, 4.69) is 12.8 Å². The smallest absolute Gasteiger partial charge is 0.166 e. The minimum atomic E-state index is -0.381. The predicted molar refractivity (Wildman–Crippen MR) is 68.6 cm³/mol. The first kappa shape index (κ1) is 13.6. The Morgan fingerprint density at radius 3 is 2.65 bits per heavy atom. The molecule has 0 fully saturated rings. The van der Waals surface area contributed by atoms with Crippen LogP contribution >= 0.6 is 0 Å². The van der Waals surface area contributed by atoms with Crippen molar-refractivity contribution in [1.29, 1.82) is 0 Å². The first-order chi connectivity index (χ1) is 8.27. The van der Waals surface area contributed by atoms with Crippen molar-refractivity contribution in [2.24, 2.45) is 0 Å². The average molecular weight is 234 g/mol. The van der Waals surface area contributed by atoms with Crippen LogP contribution in [0.15, 0.2) is 18.2 Å². The van der Waals surface area contributed by atoms with E-state index in [1.54, 1.807) is 12.1 Å². The number of halogens is 1. The van der Waals surface area contributed by atoms with Crippen LogP contribution in [0.3, 0.4) is 0 Å². The molecule has 0 aromatic heterocycles. The van der Waals surface area contributed by atoms with Crippen LogP contribution in [0.4, 0.5) is 4.39 Å². The highest BCUT2D eigenvalue weighted by molar-refractivity contribution is 5.37. The number of rotatable bonds is 7. The summed E-state index contributed by atoms with van der Waals surface area (Å²) in [6.07, 6.45) is 11.0. The molecule has 2 heteroatoms. The van der Waals surface area contributed by atoms with Gasteiger partial charge in [0.15, 0.2) is 11.6 Å². The molecule has 0 spiro atoms. The molecule has 1 rings (SSSR count). The molecule has 0 radical (unpaired) electrons. The zero-order chi connectivity index (χ0) is 12.5. The maximum atomic E-state index is 13.4. The monoisotopic (exact) mass is 234 g/mol. The number of hydrogen-bond donors (Lipinski definition) is 0. The highest BCUT2D eigenvalue weighted by atomic mass is 19.1. The molecule has 0 atom stereocenters. The fraction of sp³-hybridized carbons (Fsp3) is 0.467. The zero-order valence-electron chi connectivity index (χ0n) is 10.3. The van der Waals surface area contributed by atoms with E-state index in [4.69, 9.17) is 11.2 Å². The summed E-state index contributed by atoms with van der Waals surface area (Å²) in [6, 6.07) is 4.61. The molecule has 0 saturated carbocycles. The van der Waals surface area contributed by atoms with Gasteiger partial charge in [-0.2, -0.15) is 0 Å². The second-order valence-corrected chi connectivity index (χ2v) is 4.05. The fourth-order valence-corrected chi connectivity index (χ4v) is 1.60. The molecule has 92 valence electrons. The van der Waals surface area contributed by atoms with E-state index in [0.717, 1.165) is 12.8 Å². The summed E-state index contributed by atoms with van der Waals surface area (Å²) < 4.78 is 18.8. The highest BCUT2D eigenvalue weighted by Gasteiger charge is 2.03. The third kappa shape index (κ3) is 4.91. The van der Waals surface area contributed by atoms with Crippen LogP contribution in [-0.2, 0) is 0 Å². The number of hydrogen-bond acceptors (Lipinski definition) is 1. The van der Waals surface area contributed by atoms with E-state index in [1.807, 2.05) is 0 Å². The van der Waals surface area contributed by atoms with Gasteiger partial charge < -0.3 is 4.74 Å². The molecular weight excluding hydrogens is 215 g/mol. The van der Waals surface area contributed by atoms with Gasteiger partial charge in [0.25, 0.3) is 0 Å². The Kier molecular flexibility index (Phi) is 6.17. The topological polar surface area (TPSA) is 9.23 Å². The number of terminal acetylenes is 1. The van der Waals surface area contributed by atoms with Gasteiger partial charge in [-0.1, -0.05) is 38.5 Å². The van der Waals surface area contributed by atoms with Crippen molar-refractivity contribution in [3.8, 4) is 18.1 Å². The van der Waals surface area contributed by atoms with Crippen LogP contribution in [0.25, 0.3) is 0 Å². The van der Waals surface area contributed by atoms with Crippen molar-refractivity contribution in [1.82, 2.24) is 0 Å². The average Bonchev–Trinajstić information content (AvgIpc) is 2.35. The Morgan fingerprint density at radius 1 is 1.24 bits per heavy atom. The lowest BCUT2D eigenvalue weighted by Gasteiger charge is -2.07. The number of ether oxygens (including phenoxy) is 1. The summed E-state index contributed by atoms with van der Waals surface area (Å²) in [4.78, 5) is 0. The van der Waals surface area contributed by atoms with Crippen molar-refractivity contribution in [2.75, 3.05) is 6.61 Å². The van der Waals surface area contributed by atoms with Crippen LogP contribution in [-0.4, -0.2) is 6.61 Å². The van der Waals surface area contributed by atoms with Gasteiger partial charge in [-0.3, -0.25) is 0 Å². The quantitative estimate of drug-likeness (QED) is 0.508. The lowest BCUT2D eigenvalue weighted by atomic mass is 10.2. The largest absolute Gasteiger partial charge is 0.491 e. The molecule has 0 heterocycles. The first-order valence-electron chi connectivity index (χ1n) is 6.17. The van der Waals surface area contributed by atoms with Gasteiger partial charge in [-0.05, 0) is 24.6 Å². The Balaban J connectivity index is 2.30. The maximum absolute atomic E-state index is 13.4. The summed E-state index contributed by atoms with van der Waals surface area (Å²) in [5.74, 6) is 2.30. The Hall–Kier alpha value is -1.49. The van der Waals surface area contributed by atoms with Gasteiger partial charge in [-0.25, -0.2) is 4.39 Å². The molecular formula is C15H19FO. The van der Waals surface area contributed by atoms with Crippen molar-refractivity contribution >= 4 is 0 Å². The number of unbranched alkanes of at least 4 members (excludes halogenated alkanes) is 4. The van der Waals surface area contributed by atoms with Crippen molar-refractivity contribution in [3.63, 3.8) is 0 Å². The van der Waals surface area contributed by atoms with E-state index in [9.17, 15) is 4.39 Å². The lowest BCUT2D eigenvalue weighted by Crippen LogP contribution is -1.99. The number of benzene rings is 1. The van der Waals surface area contributed by atoms with Gasteiger partial charge >= 0.3 is 0 Å². The van der Waals surface area contributed by atoms with Crippen LogP contribution in [0, 0.1) is 18.2 Å². The molecule has 0 aliphatic carbocycles. The van der Waals surface area contributed by atoms with E-state index >= 15 is 0 Å². The molecule has 0 aliphatic heterocycles. The summed E-state index contributed by atoms with van der Waals surface area (Å²) in [5.41, 5.74) is 0.540. The third-order valence-corrected chi connectivity index (χ3v) is 2.60. The molecule has 0 N–H and O–H groups in total. The Bertz CT molecular complexity index is 379. The standard InChI is InChI=1S/C15H19FO/c1-3-5-6-7-8-11-17-15-10-9-13(4-2)12-14(15)16/h2,9-10,12H,3,5-8,11H2,1H3. The van der Waals surface area contributed by atoms with Gasteiger partial charge in [-0.15, -0.1) is 6.42 Å². The second kappa shape index (κ2) is 7.73. The summed E-state index contributed by atoms with van der Waals surface area (Å²) in [7, 11) is 0. The van der Waals surface area contributed by atoms with Gasteiger partial charge in [0, 0.05) is 5.56 Å². The second-order valence-electron chi connectivity index (χ2n) is 4.05. The van der Waals surface area contributed by atoms with Gasteiger partial charge in [0.1, 0.15) is 0 Å². The molecule has 1 aromatic rings. The van der Waals surface area contributed by atoms with E-state index in [1.165, 1.54) is 25.3 Å². The SMILES string of the molecule is C#Cc1ccc(OCCCCCCC)c(F)c1. The van der Waals surface area contributed by atoms with Crippen molar-refractivity contribution in [3.05, 3.63) is 29.6 Å². The minimum Gasteiger partial charge on any atom is -0.491 e. The summed E-state index contributed by atoms with van der Waals surface area (Å²) >= 11 is 0. The van der Waals surface area contributed by atoms with Crippen molar-refractivity contribution in [2.45, 2.75) is 39.0 Å². The van der Waals surface area contributed by atoms with E-state index in [-0.39, 0.29) is 5.82 Å². The normalized spacial score (nSPS) is 9.94.